The summed E-state index contributed by atoms with van der Waals surface area (Å²) in [4.78, 5) is 23.4. The summed E-state index contributed by atoms with van der Waals surface area (Å²) in [5.74, 6) is -0.336. The zero-order chi connectivity index (χ0) is 17.2. The fourth-order valence-corrected chi connectivity index (χ4v) is 2.35. The number of hydrogen-bond donors (Lipinski definition) is 2. The van der Waals surface area contributed by atoms with E-state index in [4.69, 9.17) is 0 Å². The van der Waals surface area contributed by atoms with Crippen LogP contribution in [0.4, 0.5) is 11.4 Å². The van der Waals surface area contributed by atoms with Crippen molar-refractivity contribution in [2.75, 3.05) is 10.6 Å². The molecule has 1 heterocycles. The molecule has 0 saturated heterocycles. The van der Waals surface area contributed by atoms with Gasteiger partial charge in [0.1, 0.15) is 0 Å². The van der Waals surface area contributed by atoms with Crippen LogP contribution in [0.3, 0.4) is 0 Å². The number of hydrogen-bond acceptors (Lipinski definition) is 3. The molecular formula is C17H22N4O2. The molecule has 2 rings (SSSR count). The molecule has 1 aromatic heterocycles. The number of benzene rings is 1. The number of anilines is 2. The summed E-state index contributed by atoms with van der Waals surface area (Å²) in [6.45, 7) is 9.44. The van der Waals surface area contributed by atoms with E-state index in [1.807, 2.05) is 32.4 Å². The smallest absolute Gasteiger partial charge is 0.259 e. The van der Waals surface area contributed by atoms with Crippen molar-refractivity contribution in [1.82, 2.24) is 9.78 Å². The number of aromatic nitrogens is 2. The van der Waals surface area contributed by atoms with Gasteiger partial charge in [0.25, 0.3) is 5.91 Å². The standard InChI is InChI=1S/C17H22N4O2/c1-11-15(10-18-21(11)17(3,4)5)16(23)20-14-8-6-13(7-9-14)19-12(2)22/h6-10H,1-5H3,(H,19,22)(H,20,23). The Balaban J connectivity index is 2.13. The first-order valence-corrected chi connectivity index (χ1v) is 7.42. The van der Waals surface area contributed by atoms with E-state index in [0.717, 1.165) is 5.69 Å². The van der Waals surface area contributed by atoms with Gasteiger partial charge in [0.05, 0.1) is 17.3 Å². The van der Waals surface area contributed by atoms with Crippen molar-refractivity contribution in [3.8, 4) is 0 Å². The lowest BCUT2D eigenvalue weighted by atomic mass is 10.1. The van der Waals surface area contributed by atoms with E-state index in [1.54, 1.807) is 30.5 Å². The van der Waals surface area contributed by atoms with E-state index >= 15 is 0 Å². The number of nitrogens with one attached hydrogen (secondary N) is 2. The van der Waals surface area contributed by atoms with Gasteiger partial charge in [-0.05, 0) is 52.0 Å². The Bertz CT molecular complexity index is 724. The van der Waals surface area contributed by atoms with Crippen molar-refractivity contribution in [2.45, 2.75) is 40.2 Å². The third-order valence-corrected chi connectivity index (χ3v) is 3.35. The highest BCUT2D eigenvalue weighted by molar-refractivity contribution is 6.05. The average molecular weight is 314 g/mol. The molecule has 1 aromatic carbocycles. The van der Waals surface area contributed by atoms with Crippen LogP contribution in [0.25, 0.3) is 0 Å². The molecule has 0 atom stereocenters. The highest BCUT2D eigenvalue weighted by atomic mass is 16.2. The van der Waals surface area contributed by atoms with Gasteiger partial charge in [0, 0.05) is 24.0 Å². The van der Waals surface area contributed by atoms with E-state index < -0.39 is 0 Å². The van der Waals surface area contributed by atoms with Crippen LogP contribution in [-0.2, 0) is 10.3 Å². The Labute approximate surface area is 135 Å². The van der Waals surface area contributed by atoms with Crippen molar-refractivity contribution in [1.29, 1.82) is 0 Å². The Morgan fingerprint density at radius 3 is 2.00 bits per heavy atom. The van der Waals surface area contributed by atoms with Crippen LogP contribution in [0.2, 0.25) is 0 Å². The van der Waals surface area contributed by atoms with Crippen LogP contribution in [0.15, 0.2) is 30.5 Å². The highest BCUT2D eigenvalue weighted by Gasteiger charge is 2.21. The van der Waals surface area contributed by atoms with Crippen molar-refractivity contribution in [3.63, 3.8) is 0 Å². The van der Waals surface area contributed by atoms with Gasteiger partial charge in [-0.2, -0.15) is 5.10 Å². The van der Waals surface area contributed by atoms with E-state index in [0.29, 0.717) is 16.9 Å². The summed E-state index contributed by atoms with van der Waals surface area (Å²) in [7, 11) is 0. The molecule has 0 unspecified atom stereocenters. The van der Waals surface area contributed by atoms with Gasteiger partial charge in [-0.25, -0.2) is 0 Å². The summed E-state index contributed by atoms with van der Waals surface area (Å²) in [6, 6.07) is 6.96. The third-order valence-electron chi connectivity index (χ3n) is 3.35. The first-order chi connectivity index (χ1) is 10.7. The largest absolute Gasteiger partial charge is 0.326 e. The minimum atomic E-state index is -0.203. The van der Waals surface area contributed by atoms with Crippen LogP contribution in [0.1, 0.15) is 43.7 Å². The van der Waals surface area contributed by atoms with Gasteiger partial charge in [-0.15, -0.1) is 0 Å². The van der Waals surface area contributed by atoms with Crippen molar-refractivity contribution >= 4 is 23.2 Å². The second-order valence-corrected chi connectivity index (χ2v) is 6.44. The average Bonchev–Trinajstić information content (AvgIpc) is 2.82. The van der Waals surface area contributed by atoms with Crippen molar-refractivity contribution in [2.24, 2.45) is 0 Å². The molecule has 0 spiro atoms. The third kappa shape index (κ3) is 3.97. The van der Waals surface area contributed by atoms with Crippen LogP contribution in [-0.4, -0.2) is 21.6 Å². The van der Waals surface area contributed by atoms with Crippen LogP contribution in [0.5, 0.6) is 0 Å². The van der Waals surface area contributed by atoms with Gasteiger partial charge in [-0.3, -0.25) is 14.3 Å². The molecule has 0 aliphatic carbocycles. The monoisotopic (exact) mass is 314 g/mol. The second kappa shape index (κ2) is 6.24. The van der Waals surface area contributed by atoms with E-state index in [1.165, 1.54) is 6.92 Å². The molecule has 6 heteroatoms. The lowest BCUT2D eigenvalue weighted by molar-refractivity contribution is -0.114. The summed E-state index contributed by atoms with van der Waals surface area (Å²) in [6.07, 6.45) is 1.58. The SMILES string of the molecule is CC(=O)Nc1ccc(NC(=O)c2cnn(C(C)(C)C)c2C)cc1. The predicted molar refractivity (Wildman–Crippen MR) is 90.7 cm³/mol. The molecule has 23 heavy (non-hydrogen) atoms. The molecule has 0 aliphatic heterocycles. The Hall–Kier alpha value is -2.63. The van der Waals surface area contributed by atoms with Crippen molar-refractivity contribution in [3.05, 3.63) is 41.7 Å². The maximum atomic E-state index is 12.4. The van der Waals surface area contributed by atoms with Gasteiger partial charge >= 0.3 is 0 Å². The highest BCUT2D eigenvalue weighted by Crippen LogP contribution is 2.20. The maximum Gasteiger partial charge on any atom is 0.259 e. The summed E-state index contributed by atoms with van der Waals surface area (Å²) < 4.78 is 1.84. The number of amides is 2. The Kier molecular flexibility index (Phi) is 4.54. The minimum absolute atomic E-state index is 0.132. The fraction of sp³-hybridized carbons (Fsp3) is 0.353. The van der Waals surface area contributed by atoms with Gasteiger partial charge < -0.3 is 10.6 Å². The van der Waals surface area contributed by atoms with Crippen molar-refractivity contribution < 1.29 is 9.59 Å². The molecule has 2 amide bonds. The second-order valence-electron chi connectivity index (χ2n) is 6.44. The molecule has 0 fully saturated rings. The number of carbonyl (C=O) groups is 2. The summed E-state index contributed by atoms with van der Waals surface area (Å²) in [5, 5.41) is 9.83. The Morgan fingerprint density at radius 1 is 1.04 bits per heavy atom. The quantitative estimate of drug-likeness (QED) is 0.913. The van der Waals surface area contributed by atoms with E-state index in [2.05, 4.69) is 15.7 Å². The lowest BCUT2D eigenvalue weighted by Crippen LogP contribution is -2.25. The first-order valence-electron chi connectivity index (χ1n) is 7.42. The molecule has 2 aromatic rings. The van der Waals surface area contributed by atoms with Crippen LogP contribution in [0, 0.1) is 6.92 Å². The zero-order valence-electron chi connectivity index (χ0n) is 14.1. The predicted octanol–water partition coefficient (Wildman–Crippen LogP) is 3.16. The molecule has 0 radical (unpaired) electrons. The topological polar surface area (TPSA) is 76.0 Å². The molecule has 0 bridgehead atoms. The fourth-order valence-electron chi connectivity index (χ4n) is 2.35. The minimum Gasteiger partial charge on any atom is -0.326 e. The van der Waals surface area contributed by atoms with Crippen LogP contribution < -0.4 is 10.6 Å². The molecule has 0 saturated carbocycles. The zero-order valence-corrected chi connectivity index (χ0v) is 14.1. The number of carbonyl (C=O) groups excluding carboxylic acids is 2. The number of nitrogens with zero attached hydrogens (tertiary/aromatic N) is 2. The molecular weight excluding hydrogens is 292 g/mol. The number of rotatable bonds is 3. The first kappa shape index (κ1) is 16.7. The normalized spacial score (nSPS) is 11.2. The maximum absolute atomic E-state index is 12.4. The van der Waals surface area contributed by atoms with Crippen LogP contribution >= 0.6 is 0 Å². The molecule has 2 N–H and O–H groups in total. The molecule has 6 nitrogen and oxygen atoms in total. The summed E-state index contributed by atoms with van der Waals surface area (Å²) in [5.41, 5.74) is 2.54. The van der Waals surface area contributed by atoms with E-state index in [9.17, 15) is 9.59 Å². The summed E-state index contributed by atoms with van der Waals surface area (Å²) >= 11 is 0. The molecule has 0 aliphatic rings. The lowest BCUT2D eigenvalue weighted by Gasteiger charge is -2.21. The van der Waals surface area contributed by atoms with E-state index in [-0.39, 0.29) is 17.4 Å². The van der Waals surface area contributed by atoms with Gasteiger partial charge in [0.2, 0.25) is 5.91 Å². The van der Waals surface area contributed by atoms with Gasteiger partial charge in [0.15, 0.2) is 0 Å². The Morgan fingerprint density at radius 2 is 1.57 bits per heavy atom. The molecule has 122 valence electrons. The van der Waals surface area contributed by atoms with Gasteiger partial charge in [-0.1, -0.05) is 0 Å².